The topological polar surface area (TPSA) is 66.4 Å². The van der Waals surface area contributed by atoms with Crippen molar-refractivity contribution in [3.63, 3.8) is 0 Å². The quantitative estimate of drug-likeness (QED) is 0.800. The molecule has 0 fully saturated rings. The molecular weight excluding hydrogens is 274 g/mol. The summed E-state index contributed by atoms with van der Waals surface area (Å²) in [5.41, 5.74) is 1.86. The van der Waals surface area contributed by atoms with Gasteiger partial charge >= 0.3 is 0 Å². The van der Waals surface area contributed by atoms with Crippen LogP contribution in [0.5, 0.6) is 0 Å². The average Bonchev–Trinajstić information content (AvgIpc) is 2.63. The summed E-state index contributed by atoms with van der Waals surface area (Å²) < 4.78 is 26.2. The van der Waals surface area contributed by atoms with Crippen LogP contribution in [0.15, 0.2) is 24.3 Å². The molecule has 1 aromatic carbocycles. The zero-order chi connectivity index (χ0) is 13.2. The van der Waals surface area contributed by atoms with E-state index in [-0.39, 0.29) is 5.75 Å². The highest BCUT2D eigenvalue weighted by Crippen LogP contribution is 2.31. The number of hydrogen-bond acceptors (Lipinski definition) is 3. The van der Waals surface area contributed by atoms with Crippen LogP contribution in [0.25, 0.3) is 0 Å². The third-order valence-corrected chi connectivity index (χ3v) is 4.76. The normalized spacial score (nSPS) is 23.0. The first-order valence-electron chi connectivity index (χ1n) is 5.85. The van der Waals surface area contributed by atoms with Gasteiger partial charge in [0.1, 0.15) is 0 Å². The SMILES string of the molecule is O=S(=O)(CCCCl)NC1c2ccccc2CC1O. The lowest BCUT2D eigenvalue weighted by Crippen LogP contribution is -2.35. The highest BCUT2D eigenvalue weighted by atomic mass is 35.5. The minimum absolute atomic E-state index is 0.0120. The second kappa shape index (κ2) is 5.57. The minimum Gasteiger partial charge on any atom is -0.391 e. The molecule has 2 atom stereocenters. The van der Waals surface area contributed by atoms with Gasteiger partial charge in [-0.1, -0.05) is 24.3 Å². The third kappa shape index (κ3) is 3.03. The molecule has 0 saturated carbocycles. The molecule has 0 amide bonds. The molecule has 1 aliphatic carbocycles. The van der Waals surface area contributed by atoms with Crippen LogP contribution in [0.2, 0.25) is 0 Å². The van der Waals surface area contributed by atoms with Crippen molar-refractivity contribution in [1.29, 1.82) is 0 Å². The molecule has 0 heterocycles. The number of hydrogen-bond donors (Lipinski definition) is 2. The van der Waals surface area contributed by atoms with E-state index in [0.29, 0.717) is 18.7 Å². The summed E-state index contributed by atoms with van der Waals surface area (Å²) in [4.78, 5) is 0. The molecule has 1 aliphatic rings. The van der Waals surface area contributed by atoms with E-state index in [1.54, 1.807) is 0 Å². The Hall–Kier alpha value is -0.620. The molecule has 2 rings (SSSR count). The van der Waals surface area contributed by atoms with Gasteiger partial charge in [0, 0.05) is 12.3 Å². The average molecular weight is 290 g/mol. The Morgan fingerprint density at radius 2 is 2.11 bits per heavy atom. The van der Waals surface area contributed by atoms with E-state index in [0.717, 1.165) is 11.1 Å². The highest BCUT2D eigenvalue weighted by molar-refractivity contribution is 7.89. The number of aliphatic hydroxyl groups is 1. The first-order valence-corrected chi connectivity index (χ1v) is 8.04. The standard InChI is InChI=1S/C12H16ClNO3S/c13-6-3-7-18(16,17)14-12-10-5-2-1-4-9(10)8-11(12)15/h1-2,4-5,11-12,14-15H,3,6-8H2. The fourth-order valence-electron chi connectivity index (χ4n) is 2.21. The number of aliphatic hydroxyl groups excluding tert-OH is 1. The van der Waals surface area contributed by atoms with Crippen molar-refractivity contribution in [2.45, 2.75) is 25.0 Å². The second-order valence-corrected chi connectivity index (χ2v) is 6.68. The molecule has 1 aromatic rings. The Morgan fingerprint density at radius 1 is 1.39 bits per heavy atom. The number of nitrogens with one attached hydrogen (secondary N) is 1. The summed E-state index contributed by atoms with van der Waals surface area (Å²) >= 11 is 5.49. The lowest BCUT2D eigenvalue weighted by molar-refractivity contribution is 0.151. The van der Waals surface area contributed by atoms with Gasteiger partial charge in [0.2, 0.25) is 10.0 Å². The zero-order valence-electron chi connectivity index (χ0n) is 9.84. The molecule has 0 aromatic heterocycles. The van der Waals surface area contributed by atoms with E-state index in [1.165, 1.54) is 0 Å². The summed E-state index contributed by atoms with van der Waals surface area (Å²) in [6, 6.07) is 6.94. The lowest BCUT2D eigenvalue weighted by Gasteiger charge is -2.17. The summed E-state index contributed by atoms with van der Waals surface area (Å²) in [5, 5.41) is 9.95. The first kappa shape index (κ1) is 13.8. The van der Waals surface area contributed by atoms with Crippen LogP contribution in [-0.4, -0.2) is 31.3 Å². The van der Waals surface area contributed by atoms with E-state index in [1.807, 2.05) is 24.3 Å². The Morgan fingerprint density at radius 3 is 2.83 bits per heavy atom. The van der Waals surface area contributed by atoms with Crippen LogP contribution >= 0.6 is 11.6 Å². The van der Waals surface area contributed by atoms with Gasteiger partial charge in [-0.25, -0.2) is 13.1 Å². The van der Waals surface area contributed by atoms with E-state index in [9.17, 15) is 13.5 Å². The molecule has 0 saturated heterocycles. The van der Waals surface area contributed by atoms with Crippen molar-refractivity contribution in [3.8, 4) is 0 Å². The molecule has 0 spiro atoms. The van der Waals surface area contributed by atoms with Gasteiger partial charge in [-0.15, -0.1) is 11.6 Å². The number of sulfonamides is 1. The van der Waals surface area contributed by atoms with E-state index >= 15 is 0 Å². The molecular formula is C12H16ClNO3S. The first-order chi connectivity index (χ1) is 8.53. The van der Waals surface area contributed by atoms with Gasteiger partial charge < -0.3 is 5.11 Å². The van der Waals surface area contributed by atoms with Crippen molar-refractivity contribution in [3.05, 3.63) is 35.4 Å². The number of benzene rings is 1. The fourth-order valence-corrected chi connectivity index (χ4v) is 3.82. The highest BCUT2D eigenvalue weighted by Gasteiger charge is 2.33. The predicted octanol–water partition coefficient (Wildman–Crippen LogP) is 1.19. The summed E-state index contributed by atoms with van der Waals surface area (Å²) in [6.07, 6.45) is 0.188. The smallest absolute Gasteiger partial charge is 0.212 e. The summed E-state index contributed by atoms with van der Waals surface area (Å²) in [7, 11) is -3.40. The second-order valence-electron chi connectivity index (χ2n) is 4.43. The van der Waals surface area contributed by atoms with Gasteiger partial charge in [-0.2, -0.15) is 0 Å². The molecule has 2 unspecified atom stereocenters. The molecule has 0 aliphatic heterocycles. The van der Waals surface area contributed by atoms with Crippen molar-refractivity contribution in [1.82, 2.24) is 4.72 Å². The van der Waals surface area contributed by atoms with Gasteiger partial charge in [0.05, 0.1) is 17.9 Å². The van der Waals surface area contributed by atoms with E-state index in [4.69, 9.17) is 11.6 Å². The molecule has 18 heavy (non-hydrogen) atoms. The maximum absolute atomic E-state index is 11.8. The van der Waals surface area contributed by atoms with Gasteiger partial charge in [0.25, 0.3) is 0 Å². The van der Waals surface area contributed by atoms with Gasteiger partial charge in [0.15, 0.2) is 0 Å². The van der Waals surface area contributed by atoms with Crippen LogP contribution in [0.3, 0.4) is 0 Å². The number of halogens is 1. The van der Waals surface area contributed by atoms with Crippen molar-refractivity contribution in [2.75, 3.05) is 11.6 Å². The molecule has 4 nitrogen and oxygen atoms in total. The molecule has 2 N–H and O–H groups in total. The van der Waals surface area contributed by atoms with Crippen molar-refractivity contribution in [2.24, 2.45) is 0 Å². The molecule has 6 heteroatoms. The van der Waals surface area contributed by atoms with Crippen LogP contribution in [0, 0.1) is 0 Å². The van der Waals surface area contributed by atoms with Crippen LogP contribution in [-0.2, 0) is 16.4 Å². The Kier molecular flexibility index (Phi) is 4.27. The van der Waals surface area contributed by atoms with Gasteiger partial charge in [-0.3, -0.25) is 0 Å². The van der Waals surface area contributed by atoms with Crippen LogP contribution < -0.4 is 4.72 Å². The Labute approximate surface area is 112 Å². The predicted molar refractivity (Wildman–Crippen MR) is 71.2 cm³/mol. The largest absolute Gasteiger partial charge is 0.391 e. The van der Waals surface area contributed by atoms with E-state index < -0.39 is 22.2 Å². The number of fused-ring (bicyclic) bond motifs is 1. The molecule has 0 bridgehead atoms. The summed E-state index contributed by atoms with van der Waals surface area (Å²) in [5.74, 6) is 0.298. The monoisotopic (exact) mass is 289 g/mol. The van der Waals surface area contributed by atoms with Crippen molar-refractivity contribution >= 4 is 21.6 Å². The fraction of sp³-hybridized carbons (Fsp3) is 0.500. The maximum atomic E-state index is 11.8. The maximum Gasteiger partial charge on any atom is 0.212 e. The van der Waals surface area contributed by atoms with E-state index in [2.05, 4.69) is 4.72 Å². The summed E-state index contributed by atoms with van der Waals surface area (Å²) in [6.45, 7) is 0. The Bertz CT molecular complexity index is 518. The third-order valence-electron chi connectivity index (χ3n) is 3.06. The van der Waals surface area contributed by atoms with Crippen LogP contribution in [0.1, 0.15) is 23.6 Å². The van der Waals surface area contributed by atoms with Gasteiger partial charge in [-0.05, 0) is 17.5 Å². The zero-order valence-corrected chi connectivity index (χ0v) is 11.4. The lowest BCUT2D eigenvalue weighted by atomic mass is 10.1. The number of alkyl halides is 1. The minimum atomic E-state index is -3.40. The Balaban J connectivity index is 2.15. The number of rotatable bonds is 5. The van der Waals surface area contributed by atoms with Crippen molar-refractivity contribution < 1.29 is 13.5 Å². The molecule has 0 radical (unpaired) electrons. The molecule has 100 valence electrons. The van der Waals surface area contributed by atoms with Crippen LogP contribution in [0.4, 0.5) is 0 Å².